The van der Waals surface area contributed by atoms with Gasteiger partial charge in [-0.15, -0.1) is 0 Å². The maximum absolute atomic E-state index is 13.7. The standard InChI is InChI=1S/C13H19F2NO/c1-4-5-8(2)13(16)12-10(14)6-9(17-3)7-11(12)15/h6-8,13H,4-5,16H2,1-3H3. The fourth-order valence-electron chi connectivity index (χ4n) is 1.92. The predicted molar refractivity (Wildman–Crippen MR) is 63.9 cm³/mol. The zero-order valence-electron chi connectivity index (χ0n) is 10.5. The molecular weight excluding hydrogens is 224 g/mol. The van der Waals surface area contributed by atoms with Gasteiger partial charge in [0.05, 0.1) is 7.11 Å². The highest BCUT2D eigenvalue weighted by Gasteiger charge is 2.22. The average molecular weight is 243 g/mol. The van der Waals surface area contributed by atoms with Crippen molar-refractivity contribution < 1.29 is 13.5 Å². The van der Waals surface area contributed by atoms with E-state index in [0.29, 0.717) is 0 Å². The molecule has 0 saturated carbocycles. The van der Waals surface area contributed by atoms with Gasteiger partial charge in [0.2, 0.25) is 0 Å². The first-order valence-corrected chi connectivity index (χ1v) is 5.79. The van der Waals surface area contributed by atoms with Gasteiger partial charge in [-0.05, 0) is 12.3 Å². The second-order valence-electron chi connectivity index (χ2n) is 4.30. The van der Waals surface area contributed by atoms with Crippen molar-refractivity contribution in [3.63, 3.8) is 0 Å². The third-order valence-electron chi connectivity index (χ3n) is 2.98. The lowest BCUT2D eigenvalue weighted by atomic mass is 9.91. The summed E-state index contributed by atoms with van der Waals surface area (Å²) in [6.45, 7) is 3.92. The van der Waals surface area contributed by atoms with Crippen molar-refractivity contribution >= 4 is 0 Å². The van der Waals surface area contributed by atoms with Crippen molar-refractivity contribution in [2.24, 2.45) is 11.7 Å². The Labute approximate surface area is 101 Å². The number of halogens is 2. The molecule has 0 amide bonds. The van der Waals surface area contributed by atoms with Crippen LogP contribution >= 0.6 is 0 Å². The molecule has 0 saturated heterocycles. The van der Waals surface area contributed by atoms with Crippen molar-refractivity contribution in [2.75, 3.05) is 7.11 Å². The molecule has 0 bridgehead atoms. The van der Waals surface area contributed by atoms with Crippen LogP contribution in [0.4, 0.5) is 8.78 Å². The van der Waals surface area contributed by atoms with E-state index in [1.54, 1.807) is 0 Å². The van der Waals surface area contributed by atoms with Gasteiger partial charge in [0.15, 0.2) is 0 Å². The van der Waals surface area contributed by atoms with E-state index in [9.17, 15) is 8.78 Å². The molecule has 2 N–H and O–H groups in total. The van der Waals surface area contributed by atoms with Crippen molar-refractivity contribution in [1.82, 2.24) is 0 Å². The molecule has 4 heteroatoms. The monoisotopic (exact) mass is 243 g/mol. The first-order valence-electron chi connectivity index (χ1n) is 5.79. The number of rotatable bonds is 5. The molecule has 0 aliphatic carbocycles. The summed E-state index contributed by atoms with van der Waals surface area (Å²) in [7, 11) is 1.37. The van der Waals surface area contributed by atoms with Crippen LogP contribution in [0.1, 0.15) is 38.3 Å². The maximum Gasteiger partial charge on any atom is 0.134 e. The number of ether oxygens (including phenoxy) is 1. The SMILES string of the molecule is CCCC(C)C(N)c1c(F)cc(OC)cc1F. The van der Waals surface area contributed by atoms with Gasteiger partial charge in [-0.1, -0.05) is 20.3 Å². The van der Waals surface area contributed by atoms with Gasteiger partial charge in [-0.3, -0.25) is 0 Å². The predicted octanol–water partition coefficient (Wildman–Crippen LogP) is 3.41. The summed E-state index contributed by atoms with van der Waals surface area (Å²) in [5, 5.41) is 0. The molecule has 0 fully saturated rings. The van der Waals surface area contributed by atoms with Crippen LogP contribution in [0, 0.1) is 17.6 Å². The lowest BCUT2D eigenvalue weighted by Crippen LogP contribution is -2.21. The Bertz CT molecular complexity index is 359. The summed E-state index contributed by atoms with van der Waals surface area (Å²) in [5.41, 5.74) is 5.85. The highest BCUT2D eigenvalue weighted by atomic mass is 19.1. The average Bonchev–Trinajstić information content (AvgIpc) is 2.28. The summed E-state index contributed by atoms with van der Waals surface area (Å²) in [6.07, 6.45) is 1.78. The van der Waals surface area contributed by atoms with Crippen molar-refractivity contribution in [3.8, 4) is 5.75 Å². The minimum Gasteiger partial charge on any atom is -0.497 e. The van der Waals surface area contributed by atoms with E-state index >= 15 is 0 Å². The first kappa shape index (κ1) is 13.9. The molecule has 17 heavy (non-hydrogen) atoms. The van der Waals surface area contributed by atoms with Gasteiger partial charge in [0, 0.05) is 23.7 Å². The van der Waals surface area contributed by atoms with Crippen LogP contribution in [0.3, 0.4) is 0 Å². The molecule has 0 spiro atoms. The lowest BCUT2D eigenvalue weighted by Gasteiger charge is -2.21. The van der Waals surface area contributed by atoms with Gasteiger partial charge in [0.25, 0.3) is 0 Å². The summed E-state index contributed by atoms with van der Waals surface area (Å²) in [4.78, 5) is 0. The quantitative estimate of drug-likeness (QED) is 0.860. The van der Waals surface area contributed by atoms with Gasteiger partial charge < -0.3 is 10.5 Å². The molecule has 1 aromatic rings. The molecule has 1 rings (SSSR count). The molecule has 0 radical (unpaired) electrons. The van der Waals surface area contributed by atoms with E-state index in [1.807, 2.05) is 13.8 Å². The number of hydrogen-bond acceptors (Lipinski definition) is 2. The summed E-state index contributed by atoms with van der Waals surface area (Å²) in [5.74, 6) is -1.08. The lowest BCUT2D eigenvalue weighted by molar-refractivity contribution is 0.386. The second kappa shape index (κ2) is 5.96. The van der Waals surface area contributed by atoms with Crippen LogP contribution in [0.15, 0.2) is 12.1 Å². The van der Waals surface area contributed by atoms with Crippen molar-refractivity contribution in [2.45, 2.75) is 32.7 Å². The van der Waals surface area contributed by atoms with Gasteiger partial charge in [0.1, 0.15) is 17.4 Å². The smallest absolute Gasteiger partial charge is 0.134 e. The van der Waals surface area contributed by atoms with Gasteiger partial charge in [-0.2, -0.15) is 0 Å². The van der Waals surface area contributed by atoms with Crippen LogP contribution in [-0.4, -0.2) is 7.11 Å². The van der Waals surface area contributed by atoms with E-state index in [-0.39, 0.29) is 17.2 Å². The van der Waals surface area contributed by atoms with Crippen molar-refractivity contribution in [3.05, 3.63) is 29.3 Å². The van der Waals surface area contributed by atoms with Crippen molar-refractivity contribution in [1.29, 1.82) is 0 Å². The van der Waals surface area contributed by atoms with Crippen LogP contribution < -0.4 is 10.5 Å². The molecule has 1 aromatic carbocycles. The molecule has 0 aromatic heterocycles. The maximum atomic E-state index is 13.7. The van der Waals surface area contributed by atoms with Crippen LogP contribution in [-0.2, 0) is 0 Å². The zero-order valence-corrected chi connectivity index (χ0v) is 10.5. The minimum atomic E-state index is -0.641. The Hall–Kier alpha value is -1.16. The number of nitrogens with two attached hydrogens (primary N) is 1. The molecular formula is C13H19F2NO. The molecule has 2 nitrogen and oxygen atoms in total. The highest BCUT2D eigenvalue weighted by molar-refractivity contribution is 5.32. The minimum absolute atomic E-state index is 0.0393. The fraction of sp³-hybridized carbons (Fsp3) is 0.538. The molecule has 2 atom stereocenters. The third-order valence-corrected chi connectivity index (χ3v) is 2.98. The van der Waals surface area contributed by atoms with E-state index in [2.05, 4.69) is 0 Å². The Morgan fingerprint density at radius 1 is 1.29 bits per heavy atom. The number of hydrogen-bond donors (Lipinski definition) is 1. The van der Waals surface area contributed by atoms with Crippen LogP contribution in [0.2, 0.25) is 0 Å². The molecule has 96 valence electrons. The van der Waals surface area contributed by atoms with E-state index in [1.165, 1.54) is 7.11 Å². The zero-order chi connectivity index (χ0) is 13.0. The Kier molecular flexibility index (Phi) is 4.87. The highest BCUT2D eigenvalue weighted by Crippen LogP contribution is 2.30. The number of benzene rings is 1. The summed E-state index contributed by atoms with van der Waals surface area (Å²) in [6, 6.07) is 1.70. The molecule has 0 aliphatic rings. The third kappa shape index (κ3) is 3.16. The van der Waals surface area contributed by atoms with Gasteiger partial charge in [-0.25, -0.2) is 8.78 Å². The Morgan fingerprint density at radius 3 is 2.24 bits per heavy atom. The fourth-order valence-corrected chi connectivity index (χ4v) is 1.92. The van der Waals surface area contributed by atoms with Gasteiger partial charge >= 0.3 is 0 Å². The summed E-state index contributed by atoms with van der Waals surface area (Å²) < 4.78 is 32.3. The molecule has 0 aliphatic heterocycles. The Morgan fingerprint density at radius 2 is 1.82 bits per heavy atom. The van der Waals surface area contributed by atoms with E-state index in [4.69, 9.17) is 10.5 Å². The second-order valence-corrected chi connectivity index (χ2v) is 4.30. The van der Waals surface area contributed by atoms with Crippen LogP contribution in [0.25, 0.3) is 0 Å². The Balaban J connectivity index is 3.05. The van der Waals surface area contributed by atoms with E-state index in [0.717, 1.165) is 25.0 Å². The first-order chi connectivity index (χ1) is 8.01. The largest absolute Gasteiger partial charge is 0.497 e. The molecule has 0 heterocycles. The number of methoxy groups -OCH3 is 1. The normalized spacial score (nSPS) is 14.5. The summed E-state index contributed by atoms with van der Waals surface area (Å²) >= 11 is 0. The topological polar surface area (TPSA) is 35.2 Å². The van der Waals surface area contributed by atoms with E-state index < -0.39 is 17.7 Å². The molecule has 2 unspecified atom stereocenters. The van der Waals surface area contributed by atoms with Crippen LogP contribution in [0.5, 0.6) is 5.75 Å².